The Hall–Kier alpha value is -2.64. The number of aliphatic hydroxyl groups excluding tert-OH is 1. The molecule has 0 radical (unpaired) electrons. The highest BCUT2D eigenvalue weighted by atomic mass is 32.1. The summed E-state index contributed by atoms with van der Waals surface area (Å²) < 4.78 is 7.93. The van der Waals surface area contributed by atoms with Gasteiger partial charge >= 0.3 is 0 Å². The van der Waals surface area contributed by atoms with Gasteiger partial charge in [-0.05, 0) is 43.0 Å². The van der Waals surface area contributed by atoms with Crippen LogP contribution in [0.5, 0.6) is 5.75 Å². The molecule has 2 atom stereocenters. The van der Waals surface area contributed by atoms with Crippen LogP contribution >= 0.6 is 11.3 Å². The first-order valence-electron chi connectivity index (χ1n) is 10.4. The monoisotopic (exact) mass is 423 g/mol. The van der Waals surface area contributed by atoms with Gasteiger partial charge in [0.2, 0.25) is 0 Å². The first-order chi connectivity index (χ1) is 14.6. The largest absolute Gasteiger partial charge is 0.487 e. The summed E-state index contributed by atoms with van der Waals surface area (Å²) in [6.07, 6.45) is 6.83. The van der Waals surface area contributed by atoms with E-state index in [4.69, 9.17) is 4.74 Å². The molecule has 0 bridgehead atoms. The average molecular weight is 424 g/mol. The lowest BCUT2D eigenvalue weighted by Gasteiger charge is -2.28. The number of aryl methyl sites for hydroxylation is 1. The third-order valence-electron chi connectivity index (χ3n) is 5.92. The normalized spacial score (nSPS) is 21.1. The van der Waals surface area contributed by atoms with Crippen molar-refractivity contribution in [3.05, 3.63) is 58.7 Å². The SMILES string of the molecule is Cn1cc(-c2ccc(CN3Cc4cccc(OC5CCCCC5O)c4C3=O)s2)cn1. The molecule has 1 saturated carbocycles. The van der Waals surface area contributed by atoms with E-state index in [1.54, 1.807) is 16.0 Å². The molecule has 3 aromatic rings. The van der Waals surface area contributed by atoms with Gasteiger partial charge in [0.05, 0.1) is 24.4 Å². The number of aromatic nitrogens is 2. The summed E-state index contributed by atoms with van der Waals surface area (Å²) in [6.45, 7) is 1.16. The summed E-state index contributed by atoms with van der Waals surface area (Å²) in [5, 5.41) is 14.5. The summed E-state index contributed by atoms with van der Waals surface area (Å²) >= 11 is 1.69. The molecule has 1 aliphatic carbocycles. The van der Waals surface area contributed by atoms with Gasteiger partial charge in [0.1, 0.15) is 11.9 Å². The van der Waals surface area contributed by atoms with E-state index in [0.717, 1.165) is 46.6 Å². The number of carbonyl (C=O) groups excluding carboxylic acids is 1. The first kappa shape index (κ1) is 19.3. The third-order valence-corrected chi connectivity index (χ3v) is 7.04. The zero-order valence-corrected chi connectivity index (χ0v) is 17.8. The number of thiophene rings is 1. The number of rotatable bonds is 5. The van der Waals surface area contributed by atoms with Crippen LogP contribution in [-0.4, -0.2) is 37.9 Å². The van der Waals surface area contributed by atoms with Crippen molar-refractivity contribution >= 4 is 17.2 Å². The second-order valence-corrected chi connectivity index (χ2v) is 9.30. The van der Waals surface area contributed by atoms with Crippen LogP contribution in [0.3, 0.4) is 0 Å². The van der Waals surface area contributed by atoms with Crippen LogP contribution in [-0.2, 0) is 20.1 Å². The molecular weight excluding hydrogens is 398 g/mol. The molecule has 2 unspecified atom stereocenters. The Labute approximate surface area is 179 Å². The van der Waals surface area contributed by atoms with E-state index in [-0.39, 0.29) is 12.0 Å². The fourth-order valence-electron chi connectivity index (χ4n) is 4.34. The summed E-state index contributed by atoms with van der Waals surface area (Å²) in [5.41, 5.74) is 2.73. The van der Waals surface area contributed by atoms with E-state index in [1.165, 1.54) is 0 Å². The van der Waals surface area contributed by atoms with Crippen molar-refractivity contribution in [3.63, 3.8) is 0 Å². The van der Waals surface area contributed by atoms with E-state index in [2.05, 4.69) is 17.2 Å². The molecule has 1 aromatic carbocycles. The molecule has 1 N–H and O–H groups in total. The van der Waals surface area contributed by atoms with E-state index in [1.807, 2.05) is 42.5 Å². The number of hydrogen-bond donors (Lipinski definition) is 1. The van der Waals surface area contributed by atoms with Crippen molar-refractivity contribution in [3.8, 4) is 16.2 Å². The van der Waals surface area contributed by atoms with Crippen LogP contribution in [0.4, 0.5) is 0 Å². The highest BCUT2D eigenvalue weighted by molar-refractivity contribution is 7.15. The molecule has 6 nitrogen and oxygen atoms in total. The molecule has 30 heavy (non-hydrogen) atoms. The van der Waals surface area contributed by atoms with Crippen LogP contribution in [0.25, 0.3) is 10.4 Å². The molecule has 1 amide bonds. The maximum absolute atomic E-state index is 13.2. The Morgan fingerprint density at radius 3 is 2.90 bits per heavy atom. The highest BCUT2D eigenvalue weighted by Gasteiger charge is 2.33. The summed E-state index contributed by atoms with van der Waals surface area (Å²) in [7, 11) is 1.91. The summed E-state index contributed by atoms with van der Waals surface area (Å²) in [5.74, 6) is 0.607. The number of ether oxygens (including phenoxy) is 1. The number of benzene rings is 1. The minimum atomic E-state index is -0.459. The molecular formula is C23H25N3O3S. The number of aliphatic hydroxyl groups is 1. The number of nitrogens with zero attached hydrogens (tertiary/aromatic N) is 3. The number of carbonyl (C=O) groups is 1. The lowest BCUT2D eigenvalue weighted by atomic mass is 9.94. The van der Waals surface area contributed by atoms with Gasteiger partial charge in [-0.1, -0.05) is 18.6 Å². The quantitative estimate of drug-likeness (QED) is 0.674. The molecule has 1 fully saturated rings. The molecule has 0 saturated heterocycles. The number of hydrogen-bond acceptors (Lipinski definition) is 5. The standard InChI is InChI=1S/C23H25N3O3S/c1-25-12-16(11-24-25)21-10-9-17(30-21)14-26-13-15-5-4-8-20(22(15)23(26)28)29-19-7-3-2-6-18(19)27/h4-5,8-12,18-19,27H,2-3,6-7,13-14H2,1H3. The molecule has 156 valence electrons. The van der Waals surface area contributed by atoms with Crippen LogP contribution in [0, 0.1) is 0 Å². The minimum absolute atomic E-state index is 0.00206. The van der Waals surface area contributed by atoms with Gasteiger partial charge in [-0.25, -0.2) is 0 Å². The smallest absolute Gasteiger partial charge is 0.258 e. The topological polar surface area (TPSA) is 67.6 Å². The third kappa shape index (κ3) is 3.63. The van der Waals surface area contributed by atoms with E-state index < -0.39 is 6.10 Å². The summed E-state index contributed by atoms with van der Waals surface area (Å²) in [6, 6.07) is 9.95. The van der Waals surface area contributed by atoms with Crippen molar-refractivity contribution < 1.29 is 14.6 Å². The molecule has 0 spiro atoms. The minimum Gasteiger partial charge on any atom is -0.487 e. The Morgan fingerprint density at radius 2 is 2.10 bits per heavy atom. The van der Waals surface area contributed by atoms with Crippen molar-refractivity contribution in [1.82, 2.24) is 14.7 Å². The van der Waals surface area contributed by atoms with Crippen LogP contribution in [0.2, 0.25) is 0 Å². The van der Waals surface area contributed by atoms with E-state index >= 15 is 0 Å². The lowest BCUT2D eigenvalue weighted by molar-refractivity contribution is 0.00636. The predicted octanol–water partition coefficient (Wildman–Crippen LogP) is 3.99. The molecule has 7 heteroatoms. The first-order valence-corrected chi connectivity index (χ1v) is 11.2. The van der Waals surface area contributed by atoms with Crippen molar-refractivity contribution in [2.24, 2.45) is 7.05 Å². The second kappa shape index (κ2) is 7.89. The van der Waals surface area contributed by atoms with Crippen LogP contribution in [0.1, 0.15) is 46.5 Å². The van der Waals surface area contributed by atoms with Crippen LogP contribution in [0.15, 0.2) is 42.7 Å². The maximum Gasteiger partial charge on any atom is 0.258 e. The molecule has 3 heterocycles. The van der Waals surface area contributed by atoms with Gasteiger partial charge in [-0.2, -0.15) is 5.10 Å². The van der Waals surface area contributed by atoms with Crippen LogP contribution < -0.4 is 4.74 Å². The lowest BCUT2D eigenvalue weighted by Crippen LogP contribution is -2.35. The fourth-order valence-corrected chi connectivity index (χ4v) is 5.34. The van der Waals surface area contributed by atoms with Gasteiger partial charge in [0, 0.05) is 35.1 Å². The second-order valence-electron chi connectivity index (χ2n) is 8.13. The van der Waals surface area contributed by atoms with Gasteiger partial charge in [0.25, 0.3) is 5.91 Å². The number of fused-ring (bicyclic) bond motifs is 1. The van der Waals surface area contributed by atoms with Gasteiger partial charge in [0.15, 0.2) is 0 Å². The Morgan fingerprint density at radius 1 is 1.23 bits per heavy atom. The molecule has 2 aromatic heterocycles. The van der Waals surface area contributed by atoms with Gasteiger partial charge in [-0.3, -0.25) is 9.48 Å². The van der Waals surface area contributed by atoms with Crippen molar-refractivity contribution in [2.75, 3.05) is 0 Å². The highest BCUT2D eigenvalue weighted by Crippen LogP contribution is 2.35. The molecule has 5 rings (SSSR count). The van der Waals surface area contributed by atoms with Crippen molar-refractivity contribution in [2.45, 2.75) is 51.0 Å². The molecule has 1 aliphatic heterocycles. The Bertz CT molecular complexity index is 1070. The zero-order chi connectivity index (χ0) is 20.7. The zero-order valence-electron chi connectivity index (χ0n) is 17.0. The maximum atomic E-state index is 13.2. The fraction of sp³-hybridized carbons (Fsp3) is 0.391. The number of amides is 1. The van der Waals surface area contributed by atoms with Gasteiger partial charge in [-0.15, -0.1) is 11.3 Å². The summed E-state index contributed by atoms with van der Waals surface area (Å²) in [4.78, 5) is 17.4. The van der Waals surface area contributed by atoms with Gasteiger partial charge < -0.3 is 14.7 Å². The predicted molar refractivity (Wildman–Crippen MR) is 115 cm³/mol. The molecule has 2 aliphatic rings. The Balaban J connectivity index is 1.32. The van der Waals surface area contributed by atoms with E-state index in [0.29, 0.717) is 24.4 Å². The average Bonchev–Trinajstić information content (AvgIpc) is 3.44. The Kier molecular flexibility index (Phi) is 5.08. The van der Waals surface area contributed by atoms with Crippen molar-refractivity contribution in [1.29, 1.82) is 0 Å². The van der Waals surface area contributed by atoms with E-state index in [9.17, 15) is 9.90 Å².